The Morgan fingerprint density at radius 2 is 2.24 bits per heavy atom. The fourth-order valence-corrected chi connectivity index (χ4v) is 2.97. The van der Waals surface area contributed by atoms with E-state index < -0.39 is 0 Å². The first-order valence-corrected chi connectivity index (χ1v) is 7.11. The molecule has 0 aromatic heterocycles. The number of rotatable bonds is 4. The van der Waals surface area contributed by atoms with Crippen LogP contribution in [-0.4, -0.2) is 12.6 Å². The van der Waals surface area contributed by atoms with Crippen LogP contribution in [-0.2, 0) is 0 Å². The number of halogens is 2. The molecular formula is C14H19BrFN. The van der Waals surface area contributed by atoms with E-state index in [-0.39, 0.29) is 5.82 Å². The first-order chi connectivity index (χ1) is 8.13. The zero-order valence-corrected chi connectivity index (χ0v) is 11.9. The Morgan fingerprint density at radius 1 is 1.47 bits per heavy atom. The summed E-state index contributed by atoms with van der Waals surface area (Å²) in [6, 6.07) is 6.02. The van der Waals surface area contributed by atoms with Crippen LogP contribution in [0.1, 0.15) is 38.2 Å². The van der Waals surface area contributed by atoms with Gasteiger partial charge in [0.25, 0.3) is 0 Å². The maximum Gasteiger partial charge on any atom is 0.137 e. The molecule has 1 aromatic rings. The summed E-state index contributed by atoms with van der Waals surface area (Å²) in [7, 11) is 0. The number of hydrogen-bond acceptors (Lipinski definition) is 1. The lowest BCUT2D eigenvalue weighted by atomic mass is 9.67. The van der Waals surface area contributed by atoms with Crippen LogP contribution in [0.15, 0.2) is 22.7 Å². The summed E-state index contributed by atoms with van der Waals surface area (Å²) in [5, 5.41) is 3.56. The highest BCUT2D eigenvalue weighted by Gasteiger charge is 2.37. The zero-order chi connectivity index (χ0) is 12.4. The molecule has 94 valence electrons. The Hall–Kier alpha value is -0.410. The van der Waals surface area contributed by atoms with Crippen molar-refractivity contribution in [2.45, 2.75) is 38.6 Å². The molecule has 0 aliphatic heterocycles. The zero-order valence-electron chi connectivity index (χ0n) is 10.3. The predicted molar refractivity (Wildman–Crippen MR) is 72.7 cm³/mol. The van der Waals surface area contributed by atoms with Crippen molar-refractivity contribution < 1.29 is 4.39 Å². The largest absolute Gasteiger partial charge is 0.314 e. The topological polar surface area (TPSA) is 12.0 Å². The number of benzene rings is 1. The van der Waals surface area contributed by atoms with Gasteiger partial charge in [0.15, 0.2) is 0 Å². The summed E-state index contributed by atoms with van der Waals surface area (Å²) < 4.78 is 13.7. The summed E-state index contributed by atoms with van der Waals surface area (Å²) in [6.45, 7) is 5.55. The summed E-state index contributed by atoms with van der Waals surface area (Å²) in [4.78, 5) is 0. The van der Waals surface area contributed by atoms with E-state index in [1.165, 1.54) is 18.4 Å². The van der Waals surface area contributed by atoms with E-state index >= 15 is 0 Å². The summed E-state index contributed by atoms with van der Waals surface area (Å²) in [5.41, 5.74) is 1.25. The minimum absolute atomic E-state index is 0.179. The molecule has 1 N–H and O–H groups in total. The fourth-order valence-electron chi connectivity index (χ4n) is 2.57. The third-order valence-corrected chi connectivity index (χ3v) is 4.41. The molecule has 1 aliphatic carbocycles. The van der Waals surface area contributed by atoms with Crippen molar-refractivity contribution in [3.05, 3.63) is 34.1 Å². The highest BCUT2D eigenvalue weighted by molar-refractivity contribution is 9.10. The normalized spacial score (nSPS) is 27.9. The molecule has 2 rings (SSSR count). The molecule has 3 heteroatoms. The standard InChI is InChI=1S/C14H19BrFN/c1-3-6-17-14-8-11(9(14)2)10-4-5-13(16)12(15)7-10/h4-5,7,9,11,14,17H,3,6,8H2,1-2H3. The molecule has 1 nitrogen and oxygen atoms in total. The predicted octanol–water partition coefficient (Wildman–Crippen LogP) is 4.08. The van der Waals surface area contributed by atoms with Crippen LogP contribution in [0.2, 0.25) is 0 Å². The van der Waals surface area contributed by atoms with E-state index in [2.05, 4.69) is 35.1 Å². The Morgan fingerprint density at radius 3 is 2.82 bits per heavy atom. The smallest absolute Gasteiger partial charge is 0.137 e. The highest BCUT2D eigenvalue weighted by Crippen LogP contribution is 2.43. The van der Waals surface area contributed by atoms with Gasteiger partial charge in [-0.3, -0.25) is 0 Å². The first kappa shape index (κ1) is 13.0. The maximum atomic E-state index is 13.2. The molecule has 0 radical (unpaired) electrons. The lowest BCUT2D eigenvalue weighted by Gasteiger charge is -2.44. The third kappa shape index (κ3) is 2.71. The van der Waals surface area contributed by atoms with E-state index in [9.17, 15) is 4.39 Å². The van der Waals surface area contributed by atoms with Gasteiger partial charge in [0, 0.05) is 6.04 Å². The molecule has 1 aromatic carbocycles. The summed E-state index contributed by atoms with van der Waals surface area (Å²) in [6.07, 6.45) is 2.34. The van der Waals surface area contributed by atoms with Crippen LogP contribution in [0, 0.1) is 11.7 Å². The van der Waals surface area contributed by atoms with E-state index in [1.54, 1.807) is 6.07 Å². The van der Waals surface area contributed by atoms with Crippen LogP contribution >= 0.6 is 15.9 Å². The van der Waals surface area contributed by atoms with Gasteiger partial charge in [-0.05, 0) is 64.8 Å². The van der Waals surface area contributed by atoms with E-state index in [1.807, 2.05) is 12.1 Å². The molecule has 0 saturated heterocycles. The molecule has 0 bridgehead atoms. The van der Waals surface area contributed by atoms with Crippen molar-refractivity contribution in [3.63, 3.8) is 0 Å². The van der Waals surface area contributed by atoms with Gasteiger partial charge in [0.2, 0.25) is 0 Å². The lowest BCUT2D eigenvalue weighted by molar-refractivity contribution is 0.185. The second kappa shape index (κ2) is 5.49. The lowest BCUT2D eigenvalue weighted by Crippen LogP contribution is -2.48. The summed E-state index contributed by atoms with van der Waals surface area (Å²) in [5.74, 6) is 1.03. The average molecular weight is 300 g/mol. The van der Waals surface area contributed by atoms with Crippen LogP contribution in [0.5, 0.6) is 0 Å². The Balaban J connectivity index is 1.99. The second-order valence-corrected chi connectivity index (χ2v) is 5.79. The van der Waals surface area contributed by atoms with E-state index in [0.29, 0.717) is 22.4 Å². The van der Waals surface area contributed by atoms with Crippen LogP contribution < -0.4 is 5.32 Å². The van der Waals surface area contributed by atoms with Crippen molar-refractivity contribution in [3.8, 4) is 0 Å². The van der Waals surface area contributed by atoms with Gasteiger partial charge < -0.3 is 5.32 Å². The molecule has 3 atom stereocenters. The van der Waals surface area contributed by atoms with Gasteiger partial charge in [-0.15, -0.1) is 0 Å². The Kier molecular flexibility index (Phi) is 4.21. The maximum absolute atomic E-state index is 13.2. The van der Waals surface area contributed by atoms with Crippen molar-refractivity contribution in [1.29, 1.82) is 0 Å². The fraction of sp³-hybridized carbons (Fsp3) is 0.571. The molecule has 1 saturated carbocycles. The van der Waals surface area contributed by atoms with Gasteiger partial charge in [-0.1, -0.05) is 19.9 Å². The first-order valence-electron chi connectivity index (χ1n) is 6.31. The summed E-state index contributed by atoms with van der Waals surface area (Å²) >= 11 is 3.25. The molecule has 0 spiro atoms. The molecule has 17 heavy (non-hydrogen) atoms. The minimum Gasteiger partial charge on any atom is -0.314 e. The monoisotopic (exact) mass is 299 g/mol. The number of hydrogen-bond donors (Lipinski definition) is 1. The van der Waals surface area contributed by atoms with Gasteiger partial charge in [-0.2, -0.15) is 0 Å². The Bertz CT molecular complexity index is 394. The molecule has 1 fully saturated rings. The van der Waals surface area contributed by atoms with E-state index in [0.717, 1.165) is 6.54 Å². The van der Waals surface area contributed by atoms with Crippen LogP contribution in [0.25, 0.3) is 0 Å². The van der Waals surface area contributed by atoms with Crippen LogP contribution in [0.3, 0.4) is 0 Å². The van der Waals surface area contributed by atoms with Gasteiger partial charge >= 0.3 is 0 Å². The average Bonchev–Trinajstić information content (AvgIpc) is 2.32. The molecular weight excluding hydrogens is 281 g/mol. The second-order valence-electron chi connectivity index (χ2n) is 4.94. The SMILES string of the molecule is CCCNC1CC(c2ccc(F)c(Br)c2)C1C. The van der Waals surface area contributed by atoms with Crippen molar-refractivity contribution in [2.24, 2.45) is 5.92 Å². The molecule has 0 amide bonds. The quantitative estimate of drug-likeness (QED) is 0.883. The number of nitrogens with one attached hydrogen (secondary N) is 1. The van der Waals surface area contributed by atoms with Crippen LogP contribution in [0.4, 0.5) is 4.39 Å². The third-order valence-electron chi connectivity index (χ3n) is 3.81. The molecule has 0 heterocycles. The minimum atomic E-state index is -0.179. The van der Waals surface area contributed by atoms with Gasteiger partial charge in [0.1, 0.15) is 5.82 Å². The highest BCUT2D eigenvalue weighted by atomic mass is 79.9. The molecule has 3 unspecified atom stereocenters. The van der Waals surface area contributed by atoms with Crippen molar-refractivity contribution in [2.75, 3.05) is 6.54 Å². The molecule has 1 aliphatic rings. The van der Waals surface area contributed by atoms with Crippen molar-refractivity contribution >= 4 is 15.9 Å². The van der Waals surface area contributed by atoms with Crippen molar-refractivity contribution in [1.82, 2.24) is 5.32 Å². The van der Waals surface area contributed by atoms with E-state index in [4.69, 9.17) is 0 Å². The van der Waals surface area contributed by atoms with Gasteiger partial charge in [0.05, 0.1) is 4.47 Å². The van der Waals surface area contributed by atoms with Gasteiger partial charge in [-0.25, -0.2) is 4.39 Å². The Labute approximate surface area is 111 Å².